The van der Waals surface area contributed by atoms with Crippen molar-refractivity contribution in [2.45, 2.75) is 6.54 Å². The number of rotatable bonds is 5. The molecular formula is C18H14N2O3S2. The SMILES string of the molecule is O=C1NC(=S)S/C1=C\c1ccc(NCc2ccc(C(=O)O)cc2)cc1. The Labute approximate surface area is 154 Å². The molecule has 25 heavy (non-hydrogen) atoms. The molecule has 2 aromatic carbocycles. The number of hydrogen-bond donors (Lipinski definition) is 3. The van der Waals surface area contributed by atoms with Gasteiger partial charge in [-0.2, -0.15) is 0 Å². The Hall–Kier alpha value is -2.64. The Morgan fingerprint density at radius 2 is 1.84 bits per heavy atom. The van der Waals surface area contributed by atoms with E-state index in [-0.39, 0.29) is 11.5 Å². The lowest BCUT2D eigenvalue weighted by Gasteiger charge is -2.07. The van der Waals surface area contributed by atoms with E-state index in [4.69, 9.17) is 17.3 Å². The normalized spacial score (nSPS) is 15.3. The Morgan fingerprint density at radius 1 is 1.16 bits per heavy atom. The average molecular weight is 370 g/mol. The Bertz CT molecular complexity index is 859. The molecule has 126 valence electrons. The summed E-state index contributed by atoms with van der Waals surface area (Å²) in [5.74, 6) is -1.10. The summed E-state index contributed by atoms with van der Waals surface area (Å²) in [6.07, 6.45) is 1.80. The van der Waals surface area contributed by atoms with Crippen molar-refractivity contribution in [1.29, 1.82) is 0 Å². The highest BCUT2D eigenvalue weighted by molar-refractivity contribution is 8.26. The summed E-state index contributed by atoms with van der Waals surface area (Å²) < 4.78 is 0.475. The van der Waals surface area contributed by atoms with Crippen LogP contribution in [0.3, 0.4) is 0 Å². The molecule has 7 heteroatoms. The second kappa shape index (κ2) is 7.50. The number of thiocarbonyl (C=S) groups is 1. The first-order valence-corrected chi connectivity index (χ1v) is 8.65. The summed E-state index contributed by atoms with van der Waals surface area (Å²) in [6, 6.07) is 14.4. The van der Waals surface area contributed by atoms with Crippen molar-refractivity contribution in [3.05, 3.63) is 70.1 Å². The number of amides is 1. The second-order valence-corrected chi connectivity index (χ2v) is 7.05. The third-order valence-corrected chi connectivity index (χ3v) is 4.71. The first-order chi connectivity index (χ1) is 12.0. The topological polar surface area (TPSA) is 78.4 Å². The second-order valence-electron chi connectivity index (χ2n) is 5.33. The van der Waals surface area contributed by atoms with E-state index in [1.807, 2.05) is 24.3 Å². The van der Waals surface area contributed by atoms with Gasteiger partial charge >= 0.3 is 5.97 Å². The molecule has 0 unspecified atom stereocenters. The van der Waals surface area contributed by atoms with Crippen LogP contribution >= 0.6 is 24.0 Å². The fourth-order valence-corrected chi connectivity index (χ4v) is 3.28. The summed E-state index contributed by atoms with van der Waals surface area (Å²) in [6.45, 7) is 0.590. The summed E-state index contributed by atoms with van der Waals surface area (Å²) in [5.41, 5.74) is 3.11. The lowest BCUT2D eigenvalue weighted by Crippen LogP contribution is -2.17. The predicted octanol–water partition coefficient (Wildman–Crippen LogP) is 3.49. The molecule has 5 nitrogen and oxygen atoms in total. The van der Waals surface area contributed by atoms with Crippen LogP contribution < -0.4 is 10.6 Å². The standard InChI is InChI=1S/C18H14N2O3S2/c21-16-15(25-18(24)20-16)9-11-3-7-14(8-4-11)19-10-12-1-5-13(6-2-12)17(22)23/h1-9,19H,10H2,(H,22,23)(H,20,21,24)/b15-9-. The Kier molecular flexibility index (Phi) is 5.16. The molecule has 1 amide bonds. The van der Waals surface area contributed by atoms with Gasteiger partial charge in [0.05, 0.1) is 10.5 Å². The zero-order valence-corrected chi connectivity index (χ0v) is 14.6. The molecule has 1 saturated heterocycles. The van der Waals surface area contributed by atoms with Crippen molar-refractivity contribution < 1.29 is 14.7 Å². The van der Waals surface area contributed by atoms with Gasteiger partial charge in [0.2, 0.25) is 0 Å². The first kappa shape index (κ1) is 17.2. The fourth-order valence-electron chi connectivity index (χ4n) is 2.24. The van der Waals surface area contributed by atoms with Gasteiger partial charge in [-0.1, -0.05) is 48.2 Å². The lowest BCUT2D eigenvalue weighted by atomic mass is 10.1. The van der Waals surface area contributed by atoms with Crippen molar-refractivity contribution >= 4 is 51.9 Å². The van der Waals surface area contributed by atoms with Gasteiger partial charge < -0.3 is 15.7 Å². The molecule has 0 aliphatic carbocycles. The van der Waals surface area contributed by atoms with Crippen LogP contribution in [0.1, 0.15) is 21.5 Å². The van der Waals surface area contributed by atoms with Crippen LogP contribution in [0.15, 0.2) is 53.4 Å². The van der Waals surface area contributed by atoms with Crippen LogP contribution in [0.4, 0.5) is 5.69 Å². The van der Waals surface area contributed by atoms with Crippen molar-refractivity contribution in [2.75, 3.05) is 5.32 Å². The molecule has 0 radical (unpaired) electrons. The van der Waals surface area contributed by atoms with Gasteiger partial charge in [-0.25, -0.2) is 4.79 Å². The van der Waals surface area contributed by atoms with E-state index >= 15 is 0 Å². The minimum Gasteiger partial charge on any atom is -0.478 e. The van der Waals surface area contributed by atoms with E-state index in [0.29, 0.717) is 15.8 Å². The number of carbonyl (C=O) groups is 2. The molecule has 1 heterocycles. The number of anilines is 1. The number of carboxylic acids is 1. The van der Waals surface area contributed by atoms with E-state index in [1.165, 1.54) is 11.8 Å². The third kappa shape index (κ3) is 4.46. The zero-order valence-electron chi connectivity index (χ0n) is 13.0. The summed E-state index contributed by atoms with van der Waals surface area (Å²) in [5, 5.41) is 14.7. The number of hydrogen-bond acceptors (Lipinski definition) is 5. The van der Waals surface area contributed by atoms with E-state index < -0.39 is 5.97 Å². The lowest BCUT2D eigenvalue weighted by molar-refractivity contribution is -0.115. The third-order valence-electron chi connectivity index (χ3n) is 3.55. The molecule has 0 atom stereocenters. The van der Waals surface area contributed by atoms with Crippen LogP contribution in [-0.2, 0) is 11.3 Å². The highest BCUT2D eigenvalue weighted by atomic mass is 32.2. The van der Waals surface area contributed by atoms with E-state index in [1.54, 1.807) is 30.3 Å². The molecule has 0 bridgehead atoms. The van der Waals surface area contributed by atoms with E-state index in [9.17, 15) is 9.59 Å². The molecule has 3 N–H and O–H groups in total. The Morgan fingerprint density at radius 3 is 2.40 bits per heavy atom. The van der Waals surface area contributed by atoms with Gasteiger partial charge in [-0.15, -0.1) is 0 Å². The van der Waals surface area contributed by atoms with Crippen molar-refractivity contribution in [3.8, 4) is 0 Å². The number of carbonyl (C=O) groups excluding carboxylic acids is 1. The van der Waals surface area contributed by atoms with Gasteiger partial charge in [0.25, 0.3) is 5.91 Å². The first-order valence-electron chi connectivity index (χ1n) is 7.42. The highest BCUT2D eigenvalue weighted by Crippen LogP contribution is 2.26. The molecule has 3 rings (SSSR count). The largest absolute Gasteiger partial charge is 0.478 e. The van der Waals surface area contributed by atoms with Crippen LogP contribution in [0.25, 0.3) is 6.08 Å². The van der Waals surface area contributed by atoms with Crippen molar-refractivity contribution in [2.24, 2.45) is 0 Å². The smallest absolute Gasteiger partial charge is 0.335 e. The molecule has 1 fully saturated rings. The maximum atomic E-state index is 11.6. The summed E-state index contributed by atoms with van der Waals surface area (Å²) >= 11 is 6.22. The molecule has 0 saturated carbocycles. The van der Waals surface area contributed by atoms with E-state index in [2.05, 4.69) is 10.6 Å². The van der Waals surface area contributed by atoms with Gasteiger partial charge in [0.15, 0.2) is 0 Å². The van der Waals surface area contributed by atoms with Gasteiger partial charge in [0.1, 0.15) is 4.32 Å². The monoisotopic (exact) mass is 370 g/mol. The molecule has 1 aliphatic heterocycles. The van der Waals surface area contributed by atoms with Crippen LogP contribution in [-0.4, -0.2) is 21.3 Å². The van der Waals surface area contributed by atoms with Gasteiger partial charge in [-0.05, 0) is 41.5 Å². The molecule has 1 aliphatic rings. The maximum absolute atomic E-state index is 11.6. The van der Waals surface area contributed by atoms with Crippen LogP contribution in [0, 0.1) is 0 Å². The molecule has 0 spiro atoms. The maximum Gasteiger partial charge on any atom is 0.335 e. The number of aromatic carboxylic acids is 1. The quantitative estimate of drug-likeness (QED) is 0.552. The number of benzene rings is 2. The number of nitrogens with one attached hydrogen (secondary N) is 2. The van der Waals surface area contributed by atoms with Crippen molar-refractivity contribution in [3.63, 3.8) is 0 Å². The van der Waals surface area contributed by atoms with Gasteiger partial charge in [-0.3, -0.25) is 4.79 Å². The van der Waals surface area contributed by atoms with Gasteiger partial charge in [0, 0.05) is 12.2 Å². The number of thioether (sulfide) groups is 1. The van der Waals surface area contributed by atoms with Crippen molar-refractivity contribution in [1.82, 2.24) is 5.32 Å². The highest BCUT2D eigenvalue weighted by Gasteiger charge is 2.21. The van der Waals surface area contributed by atoms with Crippen LogP contribution in [0.5, 0.6) is 0 Å². The molecular weight excluding hydrogens is 356 g/mol. The zero-order chi connectivity index (χ0) is 17.8. The van der Waals surface area contributed by atoms with Crippen LogP contribution in [0.2, 0.25) is 0 Å². The predicted molar refractivity (Wildman–Crippen MR) is 103 cm³/mol. The minimum absolute atomic E-state index is 0.165. The summed E-state index contributed by atoms with van der Waals surface area (Å²) in [7, 11) is 0. The minimum atomic E-state index is -0.931. The molecule has 2 aromatic rings. The average Bonchev–Trinajstić information content (AvgIpc) is 2.92. The fraction of sp³-hybridized carbons (Fsp3) is 0.0556. The number of carboxylic acid groups (broad SMARTS) is 1. The molecule has 0 aromatic heterocycles. The summed E-state index contributed by atoms with van der Waals surface area (Å²) in [4.78, 5) is 23.1. The Balaban J connectivity index is 1.61. The van der Waals surface area contributed by atoms with E-state index in [0.717, 1.165) is 16.8 Å².